The summed E-state index contributed by atoms with van der Waals surface area (Å²) in [4.78, 5) is 20.4. The number of esters is 1. The lowest BCUT2D eigenvalue weighted by Crippen LogP contribution is -1.99. The average molecular weight is 212 g/mol. The molecule has 0 amide bonds. The minimum Gasteiger partial charge on any atom is -0.466 e. The zero-order chi connectivity index (χ0) is 11.4. The Morgan fingerprint density at radius 2 is 1.80 bits per heavy atom. The molecule has 0 rings (SSSR count). The van der Waals surface area contributed by atoms with E-state index >= 15 is 0 Å². The zero-order valence-corrected chi connectivity index (χ0v) is 9.41. The van der Waals surface area contributed by atoms with Gasteiger partial charge in [-0.2, -0.15) is 0 Å². The van der Waals surface area contributed by atoms with E-state index in [1.807, 2.05) is 6.08 Å². The van der Waals surface area contributed by atoms with Gasteiger partial charge >= 0.3 is 5.97 Å². The SMILES string of the molecule is CC(=O)OCCCCCCCC=CC=O. The van der Waals surface area contributed by atoms with E-state index in [-0.39, 0.29) is 5.97 Å². The number of carbonyl (C=O) groups is 2. The third-order valence-electron chi connectivity index (χ3n) is 2.04. The summed E-state index contributed by atoms with van der Waals surface area (Å²) in [5.41, 5.74) is 0. The molecule has 86 valence electrons. The van der Waals surface area contributed by atoms with E-state index in [2.05, 4.69) is 0 Å². The molecule has 0 aliphatic heterocycles. The molecule has 0 aromatic heterocycles. The molecular formula is C12H20O3. The standard InChI is InChI=1S/C12H20O3/c1-12(14)15-11-9-7-5-3-2-4-6-8-10-13/h6,8,10H,2-5,7,9,11H2,1H3. The molecule has 0 aliphatic rings. The highest BCUT2D eigenvalue weighted by Crippen LogP contribution is 2.05. The van der Waals surface area contributed by atoms with E-state index in [9.17, 15) is 9.59 Å². The summed E-state index contributed by atoms with van der Waals surface area (Å²) in [5.74, 6) is -0.200. The van der Waals surface area contributed by atoms with Crippen LogP contribution in [0, 0.1) is 0 Å². The van der Waals surface area contributed by atoms with Crippen LogP contribution >= 0.6 is 0 Å². The summed E-state index contributed by atoms with van der Waals surface area (Å²) in [6.45, 7) is 1.97. The van der Waals surface area contributed by atoms with E-state index in [0.717, 1.165) is 38.4 Å². The predicted molar refractivity (Wildman–Crippen MR) is 59.5 cm³/mol. The fraction of sp³-hybridized carbons (Fsp3) is 0.667. The Bertz CT molecular complexity index is 197. The van der Waals surface area contributed by atoms with Gasteiger partial charge in [0.25, 0.3) is 0 Å². The number of unbranched alkanes of at least 4 members (excludes halogenated alkanes) is 5. The Labute approximate surface area is 91.5 Å². The third kappa shape index (κ3) is 12.9. The number of hydrogen-bond donors (Lipinski definition) is 0. The van der Waals surface area contributed by atoms with Crippen molar-refractivity contribution in [3.8, 4) is 0 Å². The first-order chi connectivity index (χ1) is 7.27. The van der Waals surface area contributed by atoms with Crippen molar-refractivity contribution in [1.29, 1.82) is 0 Å². The molecule has 0 aromatic rings. The smallest absolute Gasteiger partial charge is 0.302 e. The van der Waals surface area contributed by atoms with Crippen LogP contribution < -0.4 is 0 Å². The first-order valence-corrected chi connectivity index (χ1v) is 5.51. The Hall–Kier alpha value is -1.12. The first kappa shape index (κ1) is 13.9. The van der Waals surface area contributed by atoms with E-state index in [4.69, 9.17) is 4.74 Å². The topological polar surface area (TPSA) is 43.4 Å². The van der Waals surface area contributed by atoms with Crippen molar-refractivity contribution in [2.75, 3.05) is 6.61 Å². The summed E-state index contributed by atoms with van der Waals surface area (Å²) in [6.07, 6.45) is 10.7. The van der Waals surface area contributed by atoms with Gasteiger partial charge in [0, 0.05) is 6.92 Å². The summed E-state index contributed by atoms with van der Waals surface area (Å²) >= 11 is 0. The van der Waals surface area contributed by atoms with E-state index in [1.165, 1.54) is 13.3 Å². The van der Waals surface area contributed by atoms with Crippen molar-refractivity contribution in [3.05, 3.63) is 12.2 Å². The Balaban J connectivity index is 3.01. The molecule has 15 heavy (non-hydrogen) atoms. The Morgan fingerprint density at radius 3 is 2.47 bits per heavy atom. The number of ether oxygens (including phenoxy) is 1. The maximum absolute atomic E-state index is 10.4. The lowest BCUT2D eigenvalue weighted by atomic mass is 10.1. The van der Waals surface area contributed by atoms with Gasteiger partial charge in [0.15, 0.2) is 0 Å². The number of rotatable bonds is 9. The molecule has 0 radical (unpaired) electrons. The molecule has 3 nitrogen and oxygen atoms in total. The summed E-state index contributed by atoms with van der Waals surface area (Å²) in [7, 11) is 0. The van der Waals surface area contributed by atoms with Crippen molar-refractivity contribution in [3.63, 3.8) is 0 Å². The van der Waals surface area contributed by atoms with Crippen molar-refractivity contribution < 1.29 is 14.3 Å². The molecule has 0 N–H and O–H groups in total. The number of carbonyl (C=O) groups excluding carboxylic acids is 2. The van der Waals surface area contributed by atoms with Crippen LogP contribution in [0.2, 0.25) is 0 Å². The first-order valence-electron chi connectivity index (χ1n) is 5.51. The second kappa shape index (κ2) is 11.0. The lowest BCUT2D eigenvalue weighted by Gasteiger charge is -2.01. The van der Waals surface area contributed by atoms with Crippen molar-refractivity contribution in [2.45, 2.75) is 45.4 Å². The van der Waals surface area contributed by atoms with Gasteiger partial charge in [-0.15, -0.1) is 0 Å². The van der Waals surface area contributed by atoms with Crippen molar-refractivity contribution in [1.82, 2.24) is 0 Å². The molecule has 0 saturated carbocycles. The van der Waals surface area contributed by atoms with Crippen LogP contribution in [0.4, 0.5) is 0 Å². The molecule has 0 aliphatic carbocycles. The van der Waals surface area contributed by atoms with Gasteiger partial charge in [-0.3, -0.25) is 9.59 Å². The van der Waals surface area contributed by atoms with Gasteiger partial charge in [-0.05, 0) is 25.3 Å². The van der Waals surface area contributed by atoms with Gasteiger partial charge in [0.2, 0.25) is 0 Å². The van der Waals surface area contributed by atoms with Crippen LogP contribution in [0.25, 0.3) is 0 Å². The van der Waals surface area contributed by atoms with Crippen LogP contribution in [0.5, 0.6) is 0 Å². The second-order valence-corrected chi connectivity index (χ2v) is 3.46. The van der Waals surface area contributed by atoms with Gasteiger partial charge in [-0.1, -0.05) is 25.3 Å². The number of hydrogen-bond acceptors (Lipinski definition) is 3. The molecule has 0 atom stereocenters. The average Bonchev–Trinajstić information content (AvgIpc) is 2.20. The molecule has 0 aromatic carbocycles. The largest absolute Gasteiger partial charge is 0.466 e. The van der Waals surface area contributed by atoms with E-state index < -0.39 is 0 Å². The normalized spacial score (nSPS) is 10.5. The summed E-state index contributed by atoms with van der Waals surface area (Å²) in [5, 5.41) is 0. The van der Waals surface area contributed by atoms with Crippen LogP contribution in [0.3, 0.4) is 0 Å². The molecule has 0 bridgehead atoms. The third-order valence-corrected chi connectivity index (χ3v) is 2.04. The molecular weight excluding hydrogens is 192 g/mol. The van der Waals surface area contributed by atoms with Gasteiger partial charge in [0.1, 0.15) is 6.29 Å². The zero-order valence-electron chi connectivity index (χ0n) is 9.41. The van der Waals surface area contributed by atoms with Gasteiger partial charge in [0.05, 0.1) is 6.61 Å². The summed E-state index contributed by atoms with van der Waals surface area (Å²) < 4.78 is 4.81. The monoisotopic (exact) mass is 212 g/mol. The maximum atomic E-state index is 10.4. The summed E-state index contributed by atoms with van der Waals surface area (Å²) in [6, 6.07) is 0. The maximum Gasteiger partial charge on any atom is 0.302 e. The van der Waals surface area contributed by atoms with Crippen molar-refractivity contribution in [2.24, 2.45) is 0 Å². The van der Waals surface area contributed by atoms with E-state index in [0.29, 0.717) is 6.61 Å². The fourth-order valence-electron chi connectivity index (χ4n) is 1.26. The minimum absolute atomic E-state index is 0.200. The van der Waals surface area contributed by atoms with Crippen LogP contribution in [-0.2, 0) is 14.3 Å². The highest BCUT2D eigenvalue weighted by Gasteiger charge is 1.93. The Morgan fingerprint density at radius 1 is 1.13 bits per heavy atom. The molecule has 3 heteroatoms. The molecule has 0 spiro atoms. The number of aldehydes is 1. The molecule has 0 unspecified atom stereocenters. The predicted octanol–water partition coefficient (Wildman–Crippen LogP) is 2.65. The number of allylic oxidation sites excluding steroid dienone is 2. The highest BCUT2D eigenvalue weighted by atomic mass is 16.5. The fourth-order valence-corrected chi connectivity index (χ4v) is 1.26. The lowest BCUT2D eigenvalue weighted by molar-refractivity contribution is -0.141. The van der Waals surface area contributed by atoms with Crippen molar-refractivity contribution >= 4 is 12.3 Å². The van der Waals surface area contributed by atoms with Crippen LogP contribution in [0.1, 0.15) is 45.4 Å². The van der Waals surface area contributed by atoms with E-state index in [1.54, 1.807) is 6.08 Å². The Kier molecular flexibility index (Phi) is 10.1. The van der Waals surface area contributed by atoms with Gasteiger partial charge in [-0.25, -0.2) is 0 Å². The molecule has 0 fully saturated rings. The molecule has 0 heterocycles. The quantitative estimate of drug-likeness (QED) is 0.255. The molecule has 0 saturated heterocycles. The highest BCUT2D eigenvalue weighted by molar-refractivity contribution is 5.65. The second-order valence-electron chi connectivity index (χ2n) is 3.46. The van der Waals surface area contributed by atoms with Crippen LogP contribution in [0.15, 0.2) is 12.2 Å². The van der Waals surface area contributed by atoms with Gasteiger partial charge < -0.3 is 4.74 Å². The minimum atomic E-state index is -0.200. The van der Waals surface area contributed by atoms with Crippen LogP contribution in [-0.4, -0.2) is 18.9 Å².